The van der Waals surface area contributed by atoms with Crippen molar-refractivity contribution >= 4 is 15.9 Å². The van der Waals surface area contributed by atoms with Crippen LogP contribution in [0.4, 0.5) is 4.39 Å². The molecule has 1 rings (SSSR count). The van der Waals surface area contributed by atoms with Crippen LogP contribution >= 0.6 is 15.9 Å². The predicted octanol–water partition coefficient (Wildman–Crippen LogP) is 5.18. The molecule has 96 valence electrons. The van der Waals surface area contributed by atoms with Gasteiger partial charge in [0.05, 0.1) is 11.1 Å². The van der Waals surface area contributed by atoms with E-state index in [4.69, 9.17) is 4.74 Å². The summed E-state index contributed by atoms with van der Waals surface area (Å²) in [5.74, 6) is 0.909. The number of ether oxygens (including phenoxy) is 1. The summed E-state index contributed by atoms with van der Waals surface area (Å²) in [6.45, 7) is 5.04. The molecule has 0 aliphatic heterocycles. The minimum atomic E-state index is -0.274. The van der Waals surface area contributed by atoms with Crippen LogP contribution in [0.25, 0.3) is 0 Å². The highest BCUT2D eigenvalue weighted by Gasteiger charge is 2.08. The molecule has 1 nitrogen and oxygen atoms in total. The van der Waals surface area contributed by atoms with E-state index in [1.165, 1.54) is 25.3 Å². The third-order valence-corrected chi connectivity index (χ3v) is 3.56. The SMILES string of the molecule is CCCCC(CC)COc1ccc(Br)c(F)c1. The van der Waals surface area contributed by atoms with Crippen LogP contribution in [0.3, 0.4) is 0 Å². The second kappa shape index (κ2) is 7.70. The highest BCUT2D eigenvalue weighted by molar-refractivity contribution is 9.10. The van der Waals surface area contributed by atoms with Crippen LogP contribution < -0.4 is 4.74 Å². The Morgan fingerprint density at radius 3 is 2.71 bits per heavy atom. The Balaban J connectivity index is 2.45. The van der Waals surface area contributed by atoms with Crippen molar-refractivity contribution in [1.82, 2.24) is 0 Å². The fourth-order valence-electron chi connectivity index (χ4n) is 1.68. The Labute approximate surface area is 111 Å². The number of halogens is 2. The van der Waals surface area contributed by atoms with Gasteiger partial charge in [0.25, 0.3) is 0 Å². The Kier molecular flexibility index (Phi) is 6.56. The number of rotatable bonds is 7. The molecule has 1 aromatic rings. The van der Waals surface area contributed by atoms with Crippen LogP contribution in [0.1, 0.15) is 39.5 Å². The minimum Gasteiger partial charge on any atom is -0.493 e. The van der Waals surface area contributed by atoms with Gasteiger partial charge in [-0.1, -0.05) is 33.1 Å². The monoisotopic (exact) mass is 302 g/mol. The molecule has 0 aliphatic carbocycles. The molecular formula is C14H20BrFO. The molecule has 0 N–H and O–H groups in total. The molecule has 0 aliphatic rings. The summed E-state index contributed by atoms with van der Waals surface area (Å²) in [6, 6.07) is 4.90. The highest BCUT2D eigenvalue weighted by Crippen LogP contribution is 2.22. The Morgan fingerprint density at radius 2 is 2.12 bits per heavy atom. The van der Waals surface area contributed by atoms with Gasteiger partial charge in [-0.05, 0) is 40.4 Å². The van der Waals surface area contributed by atoms with Gasteiger partial charge in [-0.25, -0.2) is 4.39 Å². The maximum absolute atomic E-state index is 13.3. The van der Waals surface area contributed by atoms with Gasteiger partial charge in [-0.3, -0.25) is 0 Å². The lowest BCUT2D eigenvalue weighted by molar-refractivity contribution is 0.232. The van der Waals surface area contributed by atoms with E-state index in [2.05, 4.69) is 29.8 Å². The van der Waals surface area contributed by atoms with Gasteiger partial charge >= 0.3 is 0 Å². The van der Waals surface area contributed by atoms with Gasteiger partial charge in [-0.15, -0.1) is 0 Å². The average molecular weight is 303 g/mol. The molecule has 1 aromatic carbocycles. The maximum atomic E-state index is 13.3. The second-order valence-corrected chi connectivity index (χ2v) is 5.16. The Hall–Kier alpha value is -0.570. The molecule has 0 saturated heterocycles. The fraction of sp³-hybridized carbons (Fsp3) is 0.571. The van der Waals surface area contributed by atoms with Gasteiger partial charge in [0.15, 0.2) is 0 Å². The van der Waals surface area contributed by atoms with E-state index in [1.54, 1.807) is 12.1 Å². The van der Waals surface area contributed by atoms with Crippen molar-refractivity contribution in [2.24, 2.45) is 5.92 Å². The summed E-state index contributed by atoms with van der Waals surface area (Å²) in [7, 11) is 0. The predicted molar refractivity (Wildman–Crippen MR) is 72.9 cm³/mol. The van der Waals surface area contributed by atoms with Crippen molar-refractivity contribution in [3.05, 3.63) is 28.5 Å². The van der Waals surface area contributed by atoms with E-state index in [0.29, 0.717) is 22.7 Å². The topological polar surface area (TPSA) is 9.23 Å². The second-order valence-electron chi connectivity index (χ2n) is 4.30. The number of unbranched alkanes of at least 4 members (excludes halogenated alkanes) is 1. The molecule has 17 heavy (non-hydrogen) atoms. The zero-order valence-corrected chi connectivity index (χ0v) is 12.1. The van der Waals surface area contributed by atoms with Gasteiger partial charge in [0, 0.05) is 6.07 Å². The summed E-state index contributed by atoms with van der Waals surface area (Å²) >= 11 is 3.13. The van der Waals surface area contributed by atoms with Crippen LogP contribution in [0.2, 0.25) is 0 Å². The van der Waals surface area contributed by atoms with E-state index in [-0.39, 0.29) is 5.82 Å². The molecule has 0 bridgehead atoms. The first-order valence-electron chi connectivity index (χ1n) is 6.25. The lowest BCUT2D eigenvalue weighted by Crippen LogP contribution is -2.11. The molecule has 0 amide bonds. The molecule has 0 heterocycles. The van der Waals surface area contributed by atoms with Gasteiger partial charge in [-0.2, -0.15) is 0 Å². The number of benzene rings is 1. The zero-order valence-electron chi connectivity index (χ0n) is 10.5. The Morgan fingerprint density at radius 1 is 1.35 bits per heavy atom. The molecule has 1 atom stereocenters. The van der Waals surface area contributed by atoms with Crippen LogP contribution in [-0.2, 0) is 0 Å². The fourth-order valence-corrected chi connectivity index (χ4v) is 1.93. The van der Waals surface area contributed by atoms with Crippen LogP contribution in [0.15, 0.2) is 22.7 Å². The largest absolute Gasteiger partial charge is 0.493 e. The summed E-state index contributed by atoms with van der Waals surface area (Å²) < 4.78 is 19.4. The van der Waals surface area contributed by atoms with E-state index in [9.17, 15) is 4.39 Å². The number of hydrogen-bond donors (Lipinski definition) is 0. The smallest absolute Gasteiger partial charge is 0.141 e. The molecular weight excluding hydrogens is 283 g/mol. The van der Waals surface area contributed by atoms with Gasteiger partial charge in [0.2, 0.25) is 0 Å². The third-order valence-electron chi connectivity index (χ3n) is 2.92. The van der Waals surface area contributed by atoms with Crippen molar-refractivity contribution in [2.75, 3.05) is 6.61 Å². The van der Waals surface area contributed by atoms with E-state index < -0.39 is 0 Å². The van der Waals surface area contributed by atoms with E-state index >= 15 is 0 Å². The molecule has 0 fully saturated rings. The van der Waals surface area contributed by atoms with Crippen LogP contribution in [-0.4, -0.2) is 6.61 Å². The molecule has 0 radical (unpaired) electrons. The van der Waals surface area contributed by atoms with E-state index in [1.807, 2.05) is 0 Å². The first-order chi connectivity index (χ1) is 8.17. The summed E-state index contributed by atoms with van der Waals surface area (Å²) in [5, 5.41) is 0. The highest BCUT2D eigenvalue weighted by atomic mass is 79.9. The quantitative estimate of drug-likeness (QED) is 0.674. The van der Waals surface area contributed by atoms with Crippen molar-refractivity contribution in [3.63, 3.8) is 0 Å². The molecule has 0 saturated carbocycles. The van der Waals surface area contributed by atoms with Gasteiger partial charge < -0.3 is 4.74 Å². The normalized spacial score (nSPS) is 12.5. The molecule has 0 spiro atoms. The number of hydrogen-bond acceptors (Lipinski definition) is 1. The zero-order chi connectivity index (χ0) is 12.7. The van der Waals surface area contributed by atoms with Crippen molar-refractivity contribution in [1.29, 1.82) is 0 Å². The van der Waals surface area contributed by atoms with E-state index in [0.717, 1.165) is 6.42 Å². The molecule has 0 aromatic heterocycles. The summed E-state index contributed by atoms with van der Waals surface area (Å²) in [6.07, 6.45) is 4.74. The summed E-state index contributed by atoms with van der Waals surface area (Å²) in [4.78, 5) is 0. The van der Waals surface area contributed by atoms with Crippen molar-refractivity contribution in [2.45, 2.75) is 39.5 Å². The van der Waals surface area contributed by atoms with Crippen molar-refractivity contribution in [3.8, 4) is 5.75 Å². The van der Waals surface area contributed by atoms with Crippen LogP contribution in [0, 0.1) is 11.7 Å². The Bertz CT molecular complexity index is 341. The minimum absolute atomic E-state index is 0.274. The average Bonchev–Trinajstić information content (AvgIpc) is 2.34. The van der Waals surface area contributed by atoms with Crippen LogP contribution in [0.5, 0.6) is 5.75 Å². The van der Waals surface area contributed by atoms with Gasteiger partial charge in [0.1, 0.15) is 11.6 Å². The molecule has 3 heteroatoms. The molecule has 1 unspecified atom stereocenters. The summed E-state index contributed by atoms with van der Waals surface area (Å²) in [5.41, 5.74) is 0. The first kappa shape index (κ1) is 14.5. The third kappa shape index (κ3) is 5.07. The lowest BCUT2D eigenvalue weighted by atomic mass is 10.0. The maximum Gasteiger partial charge on any atom is 0.141 e. The standard InChI is InChI=1S/C14H20BrFO/c1-3-5-6-11(4-2)10-17-12-7-8-13(15)14(16)9-12/h7-9,11H,3-6,10H2,1-2H3. The van der Waals surface area contributed by atoms with Crippen molar-refractivity contribution < 1.29 is 9.13 Å². The first-order valence-corrected chi connectivity index (χ1v) is 7.04. The lowest BCUT2D eigenvalue weighted by Gasteiger charge is -2.15.